The molecule has 2 aromatic carbocycles. The largest absolute Gasteiger partial charge is 0.492 e. The van der Waals surface area contributed by atoms with Crippen molar-refractivity contribution >= 4 is 15.9 Å². The lowest BCUT2D eigenvalue weighted by Gasteiger charge is -2.18. The maximum absolute atomic E-state index is 13.1. The van der Waals surface area contributed by atoms with Crippen LogP contribution >= 0.6 is 15.9 Å². The molecular formula is C16H17BrFNO. The molecule has 2 rings (SSSR count). The molecule has 20 heavy (non-hydrogen) atoms. The first kappa shape index (κ1) is 15.0. The van der Waals surface area contributed by atoms with Gasteiger partial charge in [0.2, 0.25) is 0 Å². The summed E-state index contributed by atoms with van der Waals surface area (Å²) < 4.78 is 19.6. The van der Waals surface area contributed by atoms with E-state index in [1.165, 1.54) is 12.1 Å². The van der Waals surface area contributed by atoms with E-state index in [2.05, 4.69) is 21.2 Å². The van der Waals surface area contributed by atoms with Crippen LogP contribution in [0.2, 0.25) is 0 Å². The second kappa shape index (κ2) is 7.41. The van der Waals surface area contributed by atoms with Gasteiger partial charge in [0.05, 0.1) is 0 Å². The SMILES string of the molecule is CNC(COc1ccccc1)Cc1ccc(F)cc1Br. The van der Waals surface area contributed by atoms with Gasteiger partial charge in [0.15, 0.2) is 0 Å². The van der Waals surface area contributed by atoms with Crippen LogP contribution in [0.1, 0.15) is 5.56 Å². The molecule has 0 radical (unpaired) electrons. The highest BCUT2D eigenvalue weighted by molar-refractivity contribution is 9.10. The van der Waals surface area contributed by atoms with Gasteiger partial charge in [-0.3, -0.25) is 0 Å². The smallest absolute Gasteiger partial charge is 0.124 e. The average molecular weight is 338 g/mol. The molecule has 0 aromatic heterocycles. The summed E-state index contributed by atoms with van der Waals surface area (Å²) in [6.45, 7) is 0.560. The number of hydrogen-bond donors (Lipinski definition) is 1. The van der Waals surface area contributed by atoms with Gasteiger partial charge in [0.25, 0.3) is 0 Å². The van der Waals surface area contributed by atoms with E-state index in [0.717, 1.165) is 22.2 Å². The molecule has 0 aliphatic rings. The molecule has 2 aromatic rings. The third-order valence-electron chi connectivity index (χ3n) is 3.08. The van der Waals surface area contributed by atoms with E-state index < -0.39 is 0 Å². The summed E-state index contributed by atoms with van der Waals surface area (Å²) in [6, 6.07) is 14.6. The molecule has 1 unspecified atom stereocenters. The Bertz CT molecular complexity index is 547. The average Bonchev–Trinajstić information content (AvgIpc) is 2.46. The highest BCUT2D eigenvalue weighted by Crippen LogP contribution is 2.20. The Balaban J connectivity index is 1.95. The van der Waals surface area contributed by atoms with Gasteiger partial charge in [-0.1, -0.05) is 40.2 Å². The minimum atomic E-state index is -0.234. The number of rotatable bonds is 6. The van der Waals surface area contributed by atoms with Crippen LogP contribution in [0.15, 0.2) is 53.0 Å². The third-order valence-corrected chi connectivity index (χ3v) is 3.82. The van der Waals surface area contributed by atoms with Crippen molar-refractivity contribution in [2.45, 2.75) is 12.5 Å². The topological polar surface area (TPSA) is 21.3 Å². The lowest BCUT2D eigenvalue weighted by molar-refractivity contribution is 0.269. The molecule has 2 nitrogen and oxygen atoms in total. The van der Waals surface area contributed by atoms with Gasteiger partial charge < -0.3 is 10.1 Å². The summed E-state index contributed by atoms with van der Waals surface area (Å²) >= 11 is 3.39. The summed E-state index contributed by atoms with van der Waals surface area (Å²) in [6.07, 6.45) is 0.768. The second-order valence-corrected chi connectivity index (χ2v) is 5.40. The molecule has 0 spiro atoms. The van der Waals surface area contributed by atoms with Crippen LogP contribution in [0.5, 0.6) is 5.75 Å². The van der Waals surface area contributed by atoms with Crippen LogP contribution in [0.4, 0.5) is 4.39 Å². The number of likely N-dealkylation sites (N-methyl/N-ethyl adjacent to an activating group) is 1. The quantitative estimate of drug-likeness (QED) is 0.865. The molecule has 0 fully saturated rings. The molecule has 1 atom stereocenters. The predicted octanol–water partition coefficient (Wildman–Crippen LogP) is 3.80. The van der Waals surface area contributed by atoms with E-state index in [9.17, 15) is 4.39 Å². The first-order valence-corrected chi connectivity index (χ1v) is 7.27. The van der Waals surface area contributed by atoms with Crippen molar-refractivity contribution in [3.8, 4) is 5.75 Å². The van der Waals surface area contributed by atoms with E-state index >= 15 is 0 Å². The fourth-order valence-electron chi connectivity index (χ4n) is 1.91. The minimum Gasteiger partial charge on any atom is -0.492 e. The first-order chi connectivity index (χ1) is 9.69. The van der Waals surface area contributed by atoms with Gasteiger partial charge in [-0.05, 0) is 43.3 Å². The minimum absolute atomic E-state index is 0.164. The fraction of sp³-hybridized carbons (Fsp3) is 0.250. The molecule has 0 bridgehead atoms. The standard InChI is InChI=1S/C16H17BrFNO/c1-19-14(11-20-15-5-3-2-4-6-15)9-12-7-8-13(18)10-16(12)17/h2-8,10,14,19H,9,11H2,1H3. The highest BCUT2D eigenvalue weighted by Gasteiger charge is 2.11. The van der Waals surface area contributed by atoms with E-state index in [1.54, 1.807) is 6.07 Å². The summed E-state index contributed by atoms with van der Waals surface area (Å²) in [5.41, 5.74) is 1.06. The maximum Gasteiger partial charge on any atom is 0.124 e. The monoisotopic (exact) mass is 337 g/mol. The Hall–Kier alpha value is -1.39. The molecule has 4 heteroatoms. The molecule has 0 heterocycles. The van der Waals surface area contributed by atoms with Crippen molar-refractivity contribution in [3.05, 3.63) is 64.4 Å². The fourth-order valence-corrected chi connectivity index (χ4v) is 2.42. The second-order valence-electron chi connectivity index (χ2n) is 4.55. The van der Waals surface area contributed by atoms with Crippen LogP contribution in [0.3, 0.4) is 0 Å². The van der Waals surface area contributed by atoms with Gasteiger partial charge in [-0.25, -0.2) is 4.39 Å². The van der Waals surface area contributed by atoms with E-state index in [-0.39, 0.29) is 11.9 Å². The number of halogens is 2. The normalized spacial score (nSPS) is 12.2. The van der Waals surface area contributed by atoms with Crippen molar-refractivity contribution in [3.63, 3.8) is 0 Å². The summed E-state index contributed by atoms with van der Waals surface area (Å²) in [4.78, 5) is 0. The van der Waals surface area contributed by atoms with Crippen LogP contribution in [0.25, 0.3) is 0 Å². The molecule has 0 saturated carbocycles. The molecule has 0 saturated heterocycles. The van der Waals surface area contributed by atoms with E-state index in [1.807, 2.05) is 37.4 Å². The molecule has 0 amide bonds. The van der Waals surface area contributed by atoms with Gasteiger partial charge >= 0.3 is 0 Å². The van der Waals surface area contributed by atoms with Crippen LogP contribution in [-0.4, -0.2) is 19.7 Å². The number of ether oxygens (including phenoxy) is 1. The zero-order chi connectivity index (χ0) is 14.4. The van der Waals surface area contributed by atoms with Gasteiger partial charge in [0.1, 0.15) is 18.2 Å². The summed E-state index contributed by atoms with van der Waals surface area (Å²) in [5.74, 6) is 0.619. The zero-order valence-electron chi connectivity index (χ0n) is 11.3. The van der Waals surface area contributed by atoms with Crippen molar-refractivity contribution in [2.24, 2.45) is 0 Å². The van der Waals surface area contributed by atoms with Crippen molar-refractivity contribution in [2.75, 3.05) is 13.7 Å². The Labute approximate surface area is 127 Å². The Morgan fingerprint density at radius 3 is 2.60 bits per heavy atom. The Kier molecular flexibility index (Phi) is 5.56. The summed E-state index contributed by atoms with van der Waals surface area (Å²) in [7, 11) is 1.90. The highest BCUT2D eigenvalue weighted by atomic mass is 79.9. The lowest BCUT2D eigenvalue weighted by atomic mass is 10.1. The third kappa shape index (κ3) is 4.32. The van der Waals surface area contributed by atoms with Crippen molar-refractivity contribution in [1.82, 2.24) is 5.32 Å². The number of para-hydroxylation sites is 1. The molecule has 0 aliphatic carbocycles. The zero-order valence-corrected chi connectivity index (χ0v) is 12.9. The predicted molar refractivity (Wildman–Crippen MR) is 82.6 cm³/mol. The van der Waals surface area contributed by atoms with Gasteiger partial charge in [0, 0.05) is 10.5 Å². The van der Waals surface area contributed by atoms with Crippen LogP contribution in [0, 0.1) is 5.82 Å². The number of nitrogens with one attached hydrogen (secondary N) is 1. The van der Waals surface area contributed by atoms with Gasteiger partial charge in [-0.15, -0.1) is 0 Å². The molecule has 1 N–H and O–H groups in total. The molecular weight excluding hydrogens is 321 g/mol. The summed E-state index contributed by atoms with van der Waals surface area (Å²) in [5, 5.41) is 3.22. The number of benzene rings is 2. The van der Waals surface area contributed by atoms with E-state index in [0.29, 0.717) is 6.61 Å². The number of hydrogen-bond acceptors (Lipinski definition) is 2. The Morgan fingerprint density at radius 2 is 1.95 bits per heavy atom. The van der Waals surface area contributed by atoms with E-state index in [4.69, 9.17) is 4.74 Å². The van der Waals surface area contributed by atoms with Crippen LogP contribution < -0.4 is 10.1 Å². The Morgan fingerprint density at radius 1 is 1.20 bits per heavy atom. The lowest BCUT2D eigenvalue weighted by Crippen LogP contribution is -2.33. The molecule has 106 valence electrons. The van der Waals surface area contributed by atoms with Crippen molar-refractivity contribution in [1.29, 1.82) is 0 Å². The maximum atomic E-state index is 13.1. The first-order valence-electron chi connectivity index (χ1n) is 6.48. The van der Waals surface area contributed by atoms with Crippen molar-refractivity contribution < 1.29 is 9.13 Å². The molecule has 0 aliphatic heterocycles. The van der Waals surface area contributed by atoms with Crippen LogP contribution in [-0.2, 0) is 6.42 Å². The van der Waals surface area contributed by atoms with Gasteiger partial charge in [-0.2, -0.15) is 0 Å².